The predicted octanol–water partition coefficient (Wildman–Crippen LogP) is 2.41. The molecule has 1 aromatic carbocycles. The van der Waals surface area contributed by atoms with Crippen molar-refractivity contribution in [1.29, 1.82) is 0 Å². The fraction of sp³-hybridized carbons (Fsp3) is 0.333. The first-order valence-corrected chi connectivity index (χ1v) is 6.84. The molecule has 3 N–H and O–H groups in total. The van der Waals surface area contributed by atoms with Gasteiger partial charge in [0.1, 0.15) is 23.3 Å². The Labute approximate surface area is 124 Å². The van der Waals surface area contributed by atoms with E-state index in [1.54, 1.807) is 12.1 Å². The van der Waals surface area contributed by atoms with E-state index in [1.165, 1.54) is 12.1 Å². The third kappa shape index (κ3) is 3.46. The number of nitrogens with zero attached hydrogens (tertiary/aromatic N) is 3. The molecule has 0 unspecified atom stereocenters. The summed E-state index contributed by atoms with van der Waals surface area (Å²) in [7, 11) is 1.94. The number of aromatic nitrogens is 2. The summed E-state index contributed by atoms with van der Waals surface area (Å²) in [6.45, 7) is 4.55. The van der Waals surface area contributed by atoms with E-state index in [4.69, 9.17) is 5.84 Å². The molecule has 0 bridgehead atoms. The van der Waals surface area contributed by atoms with Crippen LogP contribution in [-0.2, 0) is 13.0 Å². The summed E-state index contributed by atoms with van der Waals surface area (Å²) in [5, 5.41) is 0. The number of rotatable bonds is 5. The summed E-state index contributed by atoms with van der Waals surface area (Å²) in [5.74, 6) is 7.46. The molecule has 112 valence electrons. The summed E-state index contributed by atoms with van der Waals surface area (Å²) < 4.78 is 13.0. The lowest BCUT2D eigenvalue weighted by Crippen LogP contribution is -2.22. The Hall–Kier alpha value is -2.21. The Morgan fingerprint density at radius 3 is 2.48 bits per heavy atom. The predicted molar refractivity (Wildman–Crippen MR) is 82.5 cm³/mol. The van der Waals surface area contributed by atoms with Crippen LogP contribution in [0.5, 0.6) is 0 Å². The van der Waals surface area contributed by atoms with E-state index < -0.39 is 0 Å². The van der Waals surface area contributed by atoms with Crippen LogP contribution in [0.4, 0.5) is 16.0 Å². The topological polar surface area (TPSA) is 67.1 Å². The van der Waals surface area contributed by atoms with E-state index in [1.807, 2.05) is 25.8 Å². The van der Waals surface area contributed by atoms with Crippen LogP contribution in [0.15, 0.2) is 24.3 Å². The van der Waals surface area contributed by atoms with Crippen molar-refractivity contribution < 1.29 is 4.39 Å². The lowest BCUT2D eigenvalue weighted by atomic mass is 10.2. The Morgan fingerprint density at radius 2 is 1.90 bits per heavy atom. The summed E-state index contributed by atoms with van der Waals surface area (Å²) in [4.78, 5) is 10.9. The highest BCUT2D eigenvalue weighted by Gasteiger charge is 2.13. The molecule has 1 heterocycles. The van der Waals surface area contributed by atoms with Crippen LogP contribution in [0.25, 0.3) is 0 Å². The molecule has 21 heavy (non-hydrogen) atoms. The second kappa shape index (κ2) is 6.49. The Kier molecular flexibility index (Phi) is 4.70. The summed E-state index contributed by atoms with van der Waals surface area (Å²) in [5.41, 5.74) is 4.51. The third-order valence-electron chi connectivity index (χ3n) is 3.31. The molecule has 0 saturated carbocycles. The van der Waals surface area contributed by atoms with E-state index >= 15 is 0 Å². The first-order valence-electron chi connectivity index (χ1n) is 6.84. The van der Waals surface area contributed by atoms with Gasteiger partial charge >= 0.3 is 0 Å². The van der Waals surface area contributed by atoms with Crippen molar-refractivity contribution in [2.45, 2.75) is 26.8 Å². The van der Waals surface area contributed by atoms with Crippen LogP contribution >= 0.6 is 0 Å². The second-order valence-electron chi connectivity index (χ2n) is 4.92. The number of hydrogen-bond donors (Lipinski definition) is 2. The zero-order chi connectivity index (χ0) is 15.4. The summed E-state index contributed by atoms with van der Waals surface area (Å²) in [6, 6.07) is 6.46. The minimum atomic E-state index is -0.234. The number of halogens is 1. The Morgan fingerprint density at radius 1 is 1.24 bits per heavy atom. The van der Waals surface area contributed by atoms with E-state index in [2.05, 4.69) is 15.4 Å². The number of nitrogens with one attached hydrogen (secondary N) is 1. The number of anilines is 2. The maximum Gasteiger partial charge on any atom is 0.148 e. The van der Waals surface area contributed by atoms with Crippen LogP contribution in [0.1, 0.15) is 23.9 Å². The molecule has 0 fully saturated rings. The molecule has 1 aromatic heterocycles. The lowest BCUT2D eigenvalue weighted by molar-refractivity contribution is 0.627. The minimum Gasteiger partial charge on any atom is -0.355 e. The highest BCUT2D eigenvalue weighted by molar-refractivity contribution is 5.58. The van der Waals surface area contributed by atoms with Crippen molar-refractivity contribution in [3.8, 4) is 0 Å². The maximum absolute atomic E-state index is 13.0. The maximum atomic E-state index is 13.0. The molecule has 0 atom stereocenters. The van der Waals surface area contributed by atoms with Gasteiger partial charge in [-0.3, -0.25) is 0 Å². The van der Waals surface area contributed by atoms with E-state index in [9.17, 15) is 4.39 Å². The zero-order valence-corrected chi connectivity index (χ0v) is 12.5. The zero-order valence-electron chi connectivity index (χ0n) is 12.5. The van der Waals surface area contributed by atoms with Gasteiger partial charge in [0.25, 0.3) is 0 Å². The normalized spacial score (nSPS) is 10.5. The summed E-state index contributed by atoms with van der Waals surface area (Å²) in [6.07, 6.45) is 0.729. The molecule has 0 aliphatic heterocycles. The van der Waals surface area contributed by atoms with Gasteiger partial charge in [-0.1, -0.05) is 19.1 Å². The molecule has 2 rings (SSSR count). The van der Waals surface area contributed by atoms with Gasteiger partial charge < -0.3 is 10.3 Å². The molecule has 0 amide bonds. The fourth-order valence-corrected chi connectivity index (χ4v) is 2.16. The van der Waals surface area contributed by atoms with Gasteiger partial charge in [0.2, 0.25) is 0 Å². The van der Waals surface area contributed by atoms with Gasteiger partial charge in [0.05, 0.1) is 0 Å². The molecule has 6 heteroatoms. The number of benzene rings is 1. The van der Waals surface area contributed by atoms with Gasteiger partial charge in [0, 0.05) is 25.6 Å². The first-order chi connectivity index (χ1) is 10.0. The number of aryl methyl sites for hydroxylation is 1. The molecule has 5 nitrogen and oxygen atoms in total. The average Bonchev–Trinajstić information content (AvgIpc) is 2.49. The molecule has 0 saturated heterocycles. The quantitative estimate of drug-likeness (QED) is 0.653. The molecule has 0 spiro atoms. The number of nitrogen functional groups attached to an aromatic ring is 1. The summed E-state index contributed by atoms with van der Waals surface area (Å²) >= 11 is 0. The molecular weight excluding hydrogens is 269 g/mol. The van der Waals surface area contributed by atoms with Crippen LogP contribution in [-0.4, -0.2) is 17.0 Å². The third-order valence-corrected chi connectivity index (χ3v) is 3.31. The van der Waals surface area contributed by atoms with Crippen LogP contribution in [0, 0.1) is 12.7 Å². The van der Waals surface area contributed by atoms with Crippen molar-refractivity contribution in [3.05, 3.63) is 47.0 Å². The van der Waals surface area contributed by atoms with Gasteiger partial charge in [-0.25, -0.2) is 20.2 Å². The van der Waals surface area contributed by atoms with Crippen molar-refractivity contribution in [3.63, 3.8) is 0 Å². The molecule has 0 radical (unpaired) electrons. The molecule has 2 aromatic rings. The van der Waals surface area contributed by atoms with Crippen molar-refractivity contribution in [2.75, 3.05) is 17.4 Å². The van der Waals surface area contributed by atoms with Gasteiger partial charge in [-0.15, -0.1) is 0 Å². The first kappa shape index (κ1) is 15.2. The number of hydrazine groups is 1. The molecular formula is C15H20FN5. The molecule has 0 aliphatic rings. The van der Waals surface area contributed by atoms with Crippen LogP contribution < -0.4 is 16.2 Å². The number of nitrogens with two attached hydrogens (primary N) is 1. The van der Waals surface area contributed by atoms with Gasteiger partial charge in [0.15, 0.2) is 0 Å². The van der Waals surface area contributed by atoms with Crippen LogP contribution in [0.3, 0.4) is 0 Å². The lowest BCUT2D eigenvalue weighted by Gasteiger charge is -2.22. The van der Waals surface area contributed by atoms with Crippen molar-refractivity contribution in [2.24, 2.45) is 5.84 Å². The standard InChI is InChI=1S/C15H20FN5/c1-4-13-18-14(20-17)10(2)15(19-13)21(3)9-11-5-7-12(16)8-6-11/h5-8H,4,9,17H2,1-3H3,(H,18,19,20). The number of hydrogen-bond acceptors (Lipinski definition) is 5. The highest BCUT2D eigenvalue weighted by Crippen LogP contribution is 2.23. The van der Waals surface area contributed by atoms with Crippen molar-refractivity contribution >= 4 is 11.6 Å². The van der Waals surface area contributed by atoms with Crippen molar-refractivity contribution in [1.82, 2.24) is 9.97 Å². The fourth-order valence-electron chi connectivity index (χ4n) is 2.16. The smallest absolute Gasteiger partial charge is 0.148 e. The highest BCUT2D eigenvalue weighted by atomic mass is 19.1. The van der Waals surface area contributed by atoms with Gasteiger partial charge in [-0.2, -0.15) is 0 Å². The minimum absolute atomic E-state index is 0.234. The Bertz CT molecular complexity index is 612. The Balaban J connectivity index is 2.29. The van der Waals surface area contributed by atoms with E-state index in [0.717, 1.165) is 29.2 Å². The average molecular weight is 289 g/mol. The van der Waals surface area contributed by atoms with Crippen LogP contribution in [0.2, 0.25) is 0 Å². The SMILES string of the molecule is CCc1nc(NN)c(C)c(N(C)Cc2ccc(F)cc2)n1. The monoisotopic (exact) mass is 289 g/mol. The van der Waals surface area contributed by atoms with E-state index in [-0.39, 0.29) is 5.82 Å². The van der Waals surface area contributed by atoms with Gasteiger partial charge in [-0.05, 0) is 24.6 Å². The second-order valence-corrected chi connectivity index (χ2v) is 4.92. The van der Waals surface area contributed by atoms with E-state index in [0.29, 0.717) is 12.4 Å². The molecule has 0 aliphatic carbocycles. The largest absolute Gasteiger partial charge is 0.355 e.